The van der Waals surface area contributed by atoms with E-state index in [2.05, 4.69) is 58.9 Å². The molecule has 3 heteroatoms. The second-order valence-electron chi connectivity index (χ2n) is 8.30. The highest BCUT2D eigenvalue weighted by atomic mass is 16.1. The van der Waals surface area contributed by atoms with Gasteiger partial charge >= 0.3 is 0 Å². The van der Waals surface area contributed by atoms with Gasteiger partial charge in [0, 0.05) is 16.5 Å². The molecule has 3 heterocycles. The fourth-order valence-corrected chi connectivity index (χ4v) is 4.25. The molecule has 27 heavy (non-hydrogen) atoms. The molecule has 3 nitrogen and oxygen atoms in total. The minimum Gasteiger partial charge on any atom is -0.302 e. The van der Waals surface area contributed by atoms with Crippen molar-refractivity contribution in [1.29, 1.82) is 0 Å². The van der Waals surface area contributed by atoms with E-state index in [0.717, 1.165) is 34.5 Å². The molecule has 0 aliphatic carbocycles. The van der Waals surface area contributed by atoms with E-state index in [9.17, 15) is 4.79 Å². The lowest BCUT2D eigenvalue weighted by molar-refractivity contribution is 0.530. The predicted molar refractivity (Wildman–Crippen MR) is 113 cm³/mol. The first-order valence-corrected chi connectivity index (χ1v) is 10.00. The molecule has 0 amide bonds. The Morgan fingerprint density at radius 1 is 1.11 bits per heavy atom. The Morgan fingerprint density at radius 2 is 1.85 bits per heavy atom. The van der Waals surface area contributed by atoms with Crippen molar-refractivity contribution in [2.75, 3.05) is 0 Å². The molecule has 3 aromatic rings. The highest BCUT2D eigenvalue weighted by Gasteiger charge is 2.27. The van der Waals surface area contributed by atoms with Crippen molar-refractivity contribution in [3.05, 3.63) is 62.4 Å². The number of aromatic nitrogens is 2. The van der Waals surface area contributed by atoms with E-state index in [0.29, 0.717) is 18.4 Å². The van der Waals surface area contributed by atoms with Gasteiger partial charge in [-0.1, -0.05) is 33.8 Å². The van der Waals surface area contributed by atoms with Crippen LogP contribution >= 0.6 is 0 Å². The van der Waals surface area contributed by atoms with Gasteiger partial charge < -0.3 is 4.57 Å². The summed E-state index contributed by atoms with van der Waals surface area (Å²) in [5.74, 6) is 0.840. The van der Waals surface area contributed by atoms with E-state index in [1.54, 1.807) is 0 Å². The Kier molecular flexibility index (Phi) is 4.21. The molecule has 0 fully saturated rings. The van der Waals surface area contributed by atoms with Gasteiger partial charge in [0.05, 0.1) is 23.4 Å². The minimum absolute atomic E-state index is 0.130. The van der Waals surface area contributed by atoms with E-state index in [1.165, 1.54) is 22.1 Å². The van der Waals surface area contributed by atoms with Gasteiger partial charge in [0.1, 0.15) is 0 Å². The number of benzene rings is 1. The molecular formula is C24H28N2O. The lowest BCUT2D eigenvalue weighted by Crippen LogP contribution is -2.24. The molecule has 4 rings (SSSR count). The Labute approximate surface area is 161 Å². The molecule has 0 bridgehead atoms. The number of nitrogens with zero attached hydrogens (tertiary/aromatic N) is 2. The van der Waals surface area contributed by atoms with Gasteiger partial charge in [-0.05, 0) is 67.0 Å². The molecule has 1 aliphatic rings. The topological polar surface area (TPSA) is 34.9 Å². The molecular weight excluding hydrogens is 332 g/mol. The van der Waals surface area contributed by atoms with Crippen LogP contribution in [0.25, 0.3) is 22.3 Å². The third-order valence-electron chi connectivity index (χ3n) is 6.48. The zero-order valence-electron chi connectivity index (χ0n) is 17.2. The normalized spacial score (nSPS) is 13.9. The summed E-state index contributed by atoms with van der Waals surface area (Å²) in [6.45, 7) is 13.6. The van der Waals surface area contributed by atoms with Gasteiger partial charge in [-0.15, -0.1) is 0 Å². The summed E-state index contributed by atoms with van der Waals surface area (Å²) in [7, 11) is 0. The summed E-state index contributed by atoms with van der Waals surface area (Å²) in [5, 5.41) is 1.21. The maximum atomic E-state index is 13.1. The number of hydrogen-bond donors (Lipinski definition) is 0. The summed E-state index contributed by atoms with van der Waals surface area (Å²) in [5.41, 5.74) is 8.92. The largest absolute Gasteiger partial charge is 0.302 e. The summed E-state index contributed by atoms with van der Waals surface area (Å²) < 4.78 is 1.91. The first kappa shape index (κ1) is 18.0. The van der Waals surface area contributed by atoms with Crippen LogP contribution in [-0.2, 0) is 13.0 Å². The Bertz CT molecular complexity index is 1120. The van der Waals surface area contributed by atoms with Crippen LogP contribution in [0.15, 0.2) is 29.1 Å². The summed E-state index contributed by atoms with van der Waals surface area (Å²) in [4.78, 5) is 18.1. The fourth-order valence-electron chi connectivity index (χ4n) is 4.25. The predicted octanol–water partition coefficient (Wildman–Crippen LogP) is 5.36. The third kappa shape index (κ3) is 2.63. The first-order chi connectivity index (χ1) is 12.8. The highest BCUT2D eigenvalue weighted by Crippen LogP contribution is 2.37. The summed E-state index contributed by atoms with van der Waals surface area (Å²) in [6, 6.07) is 8.74. The van der Waals surface area contributed by atoms with Crippen LogP contribution in [0, 0.1) is 19.8 Å². The van der Waals surface area contributed by atoms with Crippen molar-refractivity contribution in [1.82, 2.24) is 9.55 Å². The summed E-state index contributed by atoms with van der Waals surface area (Å²) >= 11 is 0. The molecule has 1 aromatic carbocycles. The smallest absolute Gasteiger partial charge is 0.254 e. The molecule has 1 atom stereocenters. The number of fused-ring (bicyclic) bond motifs is 4. The van der Waals surface area contributed by atoms with Crippen LogP contribution in [0.1, 0.15) is 61.4 Å². The molecule has 2 aromatic heterocycles. The van der Waals surface area contributed by atoms with Crippen LogP contribution < -0.4 is 5.56 Å². The van der Waals surface area contributed by atoms with E-state index in [1.807, 2.05) is 11.5 Å². The molecule has 1 aliphatic heterocycles. The number of hydrogen-bond acceptors (Lipinski definition) is 2. The fraction of sp³-hybridized carbons (Fsp3) is 0.417. The quantitative estimate of drug-likeness (QED) is 0.493. The lowest BCUT2D eigenvalue weighted by atomic mass is 9.87. The zero-order chi connectivity index (χ0) is 19.5. The van der Waals surface area contributed by atoms with Gasteiger partial charge in [0.15, 0.2) is 0 Å². The van der Waals surface area contributed by atoms with Crippen molar-refractivity contribution >= 4 is 10.9 Å². The molecule has 0 N–H and O–H groups in total. The van der Waals surface area contributed by atoms with Crippen LogP contribution in [0.5, 0.6) is 0 Å². The van der Waals surface area contributed by atoms with Crippen molar-refractivity contribution in [2.24, 2.45) is 5.92 Å². The maximum Gasteiger partial charge on any atom is 0.254 e. The number of pyridine rings is 2. The minimum atomic E-state index is 0.130. The SMILES string of the molecule is CCc1ccc2nc3c(c(C)c2c1)Cn1c-3cc(C(C)C(C)C)c(C)c1=O. The molecule has 0 saturated heterocycles. The van der Waals surface area contributed by atoms with Gasteiger partial charge in [-0.2, -0.15) is 0 Å². The third-order valence-corrected chi connectivity index (χ3v) is 6.48. The van der Waals surface area contributed by atoms with E-state index >= 15 is 0 Å². The Hall–Kier alpha value is -2.42. The van der Waals surface area contributed by atoms with Gasteiger partial charge in [0.2, 0.25) is 0 Å². The Morgan fingerprint density at radius 3 is 2.52 bits per heavy atom. The van der Waals surface area contributed by atoms with Crippen molar-refractivity contribution in [3.8, 4) is 11.4 Å². The van der Waals surface area contributed by atoms with E-state index < -0.39 is 0 Å². The first-order valence-electron chi connectivity index (χ1n) is 10.00. The monoisotopic (exact) mass is 360 g/mol. The van der Waals surface area contributed by atoms with Gasteiger partial charge in [-0.3, -0.25) is 4.79 Å². The average molecular weight is 361 g/mol. The molecule has 1 unspecified atom stereocenters. The standard InChI is InChI=1S/C24H28N2O/c1-7-17-8-9-21-19(10-17)15(5)20-12-26-22(23(20)25-21)11-18(14(4)13(2)3)16(6)24(26)27/h8-11,13-14H,7,12H2,1-6H3. The second kappa shape index (κ2) is 6.33. The molecule has 0 saturated carbocycles. The van der Waals surface area contributed by atoms with Crippen molar-refractivity contribution < 1.29 is 0 Å². The van der Waals surface area contributed by atoms with Crippen molar-refractivity contribution in [2.45, 2.75) is 60.4 Å². The molecule has 0 spiro atoms. The van der Waals surface area contributed by atoms with Crippen LogP contribution in [-0.4, -0.2) is 9.55 Å². The molecule has 140 valence electrons. The van der Waals surface area contributed by atoms with Gasteiger partial charge in [-0.25, -0.2) is 4.98 Å². The van der Waals surface area contributed by atoms with Crippen LogP contribution in [0.4, 0.5) is 0 Å². The lowest BCUT2D eigenvalue weighted by Gasteiger charge is -2.19. The van der Waals surface area contributed by atoms with Crippen molar-refractivity contribution in [3.63, 3.8) is 0 Å². The zero-order valence-corrected chi connectivity index (χ0v) is 17.2. The van der Waals surface area contributed by atoms with Crippen LogP contribution in [0.2, 0.25) is 0 Å². The maximum absolute atomic E-state index is 13.1. The number of aryl methyl sites for hydroxylation is 2. The number of rotatable bonds is 3. The Balaban J connectivity index is 1.99. The summed E-state index contributed by atoms with van der Waals surface area (Å²) in [6.07, 6.45) is 1.02. The average Bonchev–Trinajstić information content (AvgIpc) is 3.03. The highest BCUT2D eigenvalue weighted by molar-refractivity contribution is 5.88. The van der Waals surface area contributed by atoms with E-state index in [4.69, 9.17) is 4.98 Å². The molecule has 0 radical (unpaired) electrons. The van der Waals surface area contributed by atoms with E-state index in [-0.39, 0.29) is 5.56 Å². The second-order valence-corrected chi connectivity index (χ2v) is 8.30. The van der Waals surface area contributed by atoms with Gasteiger partial charge in [0.25, 0.3) is 5.56 Å². The van der Waals surface area contributed by atoms with Crippen LogP contribution in [0.3, 0.4) is 0 Å².